The zero-order valence-corrected chi connectivity index (χ0v) is 18.0. The summed E-state index contributed by atoms with van der Waals surface area (Å²) < 4.78 is 11.1. The largest absolute Gasteiger partial charge is 0.452 e. The number of aromatic nitrogens is 2. The Morgan fingerprint density at radius 2 is 1.81 bits per heavy atom. The van der Waals surface area contributed by atoms with Crippen LogP contribution in [0.3, 0.4) is 0 Å². The number of esters is 1. The van der Waals surface area contributed by atoms with Crippen LogP contribution in [0.15, 0.2) is 28.7 Å². The van der Waals surface area contributed by atoms with Gasteiger partial charge in [0.15, 0.2) is 6.10 Å². The molecular weight excluding hydrogens is 404 g/mol. The van der Waals surface area contributed by atoms with Crippen molar-refractivity contribution in [3.63, 3.8) is 0 Å². The molecule has 0 aliphatic carbocycles. The van der Waals surface area contributed by atoms with Gasteiger partial charge in [0.2, 0.25) is 11.8 Å². The van der Waals surface area contributed by atoms with Crippen molar-refractivity contribution >= 4 is 17.6 Å². The Labute approximate surface area is 179 Å². The van der Waals surface area contributed by atoms with Crippen LogP contribution < -0.4 is 0 Å². The molecule has 10 heteroatoms. The molecular formula is C21H26N4O6. The first-order valence-electron chi connectivity index (χ1n) is 10.1. The summed E-state index contributed by atoms with van der Waals surface area (Å²) >= 11 is 0. The molecule has 2 aromatic rings. The molecule has 0 bridgehead atoms. The van der Waals surface area contributed by atoms with Gasteiger partial charge in [-0.25, -0.2) is 0 Å². The fourth-order valence-corrected chi connectivity index (χ4v) is 3.35. The number of ether oxygens (including phenoxy) is 1. The van der Waals surface area contributed by atoms with E-state index in [4.69, 9.17) is 9.15 Å². The van der Waals surface area contributed by atoms with Crippen LogP contribution in [0.4, 0.5) is 5.69 Å². The minimum atomic E-state index is -0.735. The Morgan fingerprint density at radius 3 is 2.35 bits per heavy atom. The van der Waals surface area contributed by atoms with E-state index in [1.807, 2.05) is 20.8 Å². The molecule has 10 nitrogen and oxygen atoms in total. The third-order valence-corrected chi connectivity index (χ3v) is 5.16. The highest BCUT2D eigenvalue weighted by Crippen LogP contribution is 2.28. The van der Waals surface area contributed by atoms with Crippen molar-refractivity contribution in [2.45, 2.75) is 46.6 Å². The van der Waals surface area contributed by atoms with E-state index >= 15 is 0 Å². The van der Waals surface area contributed by atoms with Crippen molar-refractivity contribution in [3.05, 3.63) is 40.3 Å². The van der Waals surface area contributed by atoms with Crippen LogP contribution >= 0.6 is 0 Å². The summed E-state index contributed by atoms with van der Waals surface area (Å²) in [5.41, 5.74) is 0.0427. The van der Waals surface area contributed by atoms with Crippen LogP contribution in [-0.2, 0) is 14.3 Å². The number of amides is 1. The summed E-state index contributed by atoms with van der Waals surface area (Å²) in [7, 11) is 0. The third kappa shape index (κ3) is 5.25. The molecule has 1 atom stereocenters. The number of likely N-dealkylation sites (tertiary alicyclic amines) is 1. The van der Waals surface area contributed by atoms with E-state index < -0.39 is 16.4 Å². The number of nitro benzene ring substituents is 1. The number of benzene rings is 1. The molecule has 1 amide bonds. The molecule has 0 spiro atoms. The van der Waals surface area contributed by atoms with Gasteiger partial charge in [0.1, 0.15) is 0 Å². The molecule has 0 unspecified atom stereocenters. The van der Waals surface area contributed by atoms with Crippen molar-refractivity contribution in [1.82, 2.24) is 15.1 Å². The Balaban J connectivity index is 1.56. The van der Waals surface area contributed by atoms with Gasteiger partial charge in [-0.3, -0.25) is 19.7 Å². The maximum Gasteiger partial charge on any atom is 0.309 e. The number of carbonyl (C=O) groups is 2. The van der Waals surface area contributed by atoms with E-state index in [2.05, 4.69) is 10.2 Å². The molecule has 3 rings (SSSR count). The normalized spacial score (nSPS) is 16.1. The van der Waals surface area contributed by atoms with Gasteiger partial charge >= 0.3 is 5.97 Å². The van der Waals surface area contributed by atoms with Crippen LogP contribution in [0.1, 0.15) is 52.5 Å². The van der Waals surface area contributed by atoms with Gasteiger partial charge in [0.05, 0.1) is 10.8 Å². The average Bonchev–Trinajstić information content (AvgIpc) is 3.23. The van der Waals surface area contributed by atoms with Crippen molar-refractivity contribution in [1.29, 1.82) is 0 Å². The van der Waals surface area contributed by atoms with Gasteiger partial charge in [0, 0.05) is 36.2 Å². The monoisotopic (exact) mass is 430 g/mol. The molecule has 0 N–H and O–H groups in total. The van der Waals surface area contributed by atoms with E-state index in [1.54, 1.807) is 11.8 Å². The highest BCUT2D eigenvalue weighted by atomic mass is 16.6. The van der Waals surface area contributed by atoms with Crippen LogP contribution in [0, 0.1) is 21.4 Å². The lowest BCUT2D eigenvalue weighted by molar-refractivity contribution is -0.384. The topological polar surface area (TPSA) is 129 Å². The SMILES string of the molecule is C[C@H](OC(=O)C1CCN(C(=O)C(C)(C)C)CC1)c1nnc(-c2ccc([N+](=O)[O-])cc2)o1. The first-order valence-corrected chi connectivity index (χ1v) is 10.1. The predicted octanol–water partition coefficient (Wildman–Crippen LogP) is 3.53. The molecule has 0 saturated carbocycles. The molecule has 1 saturated heterocycles. The number of rotatable bonds is 5. The number of piperidine rings is 1. The fraction of sp³-hybridized carbons (Fsp3) is 0.524. The van der Waals surface area contributed by atoms with Crippen molar-refractivity contribution < 1.29 is 23.7 Å². The Kier molecular flexibility index (Phi) is 6.37. The van der Waals surface area contributed by atoms with Gasteiger partial charge in [0.25, 0.3) is 11.6 Å². The number of nitrogens with zero attached hydrogens (tertiary/aromatic N) is 4. The second kappa shape index (κ2) is 8.83. The quantitative estimate of drug-likeness (QED) is 0.400. The second-order valence-corrected chi connectivity index (χ2v) is 8.65. The summed E-state index contributed by atoms with van der Waals surface area (Å²) in [4.78, 5) is 37.0. The van der Waals surface area contributed by atoms with Gasteiger partial charge in [-0.05, 0) is 31.9 Å². The minimum absolute atomic E-state index is 0.0407. The molecule has 31 heavy (non-hydrogen) atoms. The molecule has 0 radical (unpaired) electrons. The Morgan fingerprint density at radius 1 is 1.19 bits per heavy atom. The molecule has 1 aromatic carbocycles. The van der Waals surface area contributed by atoms with Crippen LogP contribution in [0.5, 0.6) is 0 Å². The number of hydrogen-bond acceptors (Lipinski definition) is 8. The summed E-state index contributed by atoms with van der Waals surface area (Å²) in [6.45, 7) is 8.33. The van der Waals surface area contributed by atoms with Crippen molar-refractivity contribution in [2.24, 2.45) is 11.3 Å². The summed E-state index contributed by atoms with van der Waals surface area (Å²) in [6, 6.07) is 5.72. The summed E-state index contributed by atoms with van der Waals surface area (Å²) in [5, 5.41) is 18.6. The lowest BCUT2D eigenvalue weighted by atomic mass is 9.91. The number of nitro groups is 1. The van der Waals surface area contributed by atoms with Crippen LogP contribution in [0.25, 0.3) is 11.5 Å². The molecule has 1 aliphatic rings. The van der Waals surface area contributed by atoms with Crippen LogP contribution in [0.2, 0.25) is 0 Å². The van der Waals surface area contributed by atoms with Gasteiger partial charge in [-0.1, -0.05) is 20.8 Å². The molecule has 1 fully saturated rings. The van der Waals surface area contributed by atoms with Crippen LogP contribution in [-0.4, -0.2) is 45.0 Å². The predicted molar refractivity (Wildman–Crippen MR) is 110 cm³/mol. The summed E-state index contributed by atoms with van der Waals surface area (Å²) in [5.74, 6) is -0.241. The minimum Gasteiger partial charge on any atom is -0.452 e. The zero-order valence-electron chi connectivity index (χ0n) is 18.0. The van der Waals surface area contributed by atoms with E-state index in [9.17, 15) is 19.7 Å². The number of non-ortho nitro benzene ring substituents is 1. The van der Waals surface area contributed by atoms with Gasteiger partial charge < -0.3 is 14.1 Å². The molecule has 166 valence electrons. The first kappa shape index (κ1) is 22.4. The highest BCUT2D eigenvalue weighted by molar-refractivity contribution is 5.82. The van der Waals surface area contributed by atoms with E-state index in [1.165, 1.54) is 24.3 Å². The zero-order chi connectivity index (χ0) is 22.8. The van der Waals surface area contributed by atoms with E-state index in [0.717, 1.165) is 0 Å². The third-order valence-electron chi connectivity index (χ3n) is 5.16. The Bertz CT molecular complexity index is 955. The molecule has 1 aliphatic heterocycles. The van der Waals surface area contributed by atoms with E-state index in [-0.39, 0.29) is 35.3 Å². The maximum absolute atomic E-state index is 12.6. The van der Waals surface area contributed by atoms with Gasteiger partial charge in [-0.2, -0.15) is 0 Å². The lowest BCUT2D eigenvalue weighted by Gasteiger charge is -2.35. The van der Waals surface area contributed by atoms with Gasteiger partial charge in [-0.15, -0.1) is 10.2 Å². The molecule has 1 aromatic heterocycles. The Hall–Kier alpha value is -3.30. The number of hydrogen-bond donors (Lipinski definition) is 0. The highest BCUT2D eigenvalue weighted by Gasteiger charge is 2.34. The van der Waals surface area contributed by atoms with E-state index in [0.29, 0.717) is 31.5 Å². The maximum atomic E-state index is 12.6. The van der Waals surface area contributed by atoms with Crippen molar-refractivity contribution in [2.75, 3.05) is 13.1 Å². The standard InChI is InChI=1S/C21H26N4O6/c1-13(17-22-23-18(31-17)14-5-7-16(8-6-14)25(28)29)30-19(26)15-9-11-24(12-10-15)20(27)21(2,3)4/h5-8,13,15H,9-12H2,1-4H3/t13-/m0/s1. The smallest absolute Gasteiger partial charge is 0.309 e. The average molecular weight is 430 g/mol. The lowest BCUT2D eigenvalue weighted by Crippen LogP contribution is -2.45. The number of carbonyl (C=O) groups excluding carboxylic acids is 2. The second-order valence-electron chi connectivity index (χ2n) is 8.65. The molecule has 2 heterocycles. The van der Waals surface area contributed by atoms with Crippen molar-refractivity contribution in [3.8, 4) is 11.5 Å². The summed E-state index contributed by atoms with van der Waals surface area (Å²) in [6.07, 6.45) is 0.359. The first-order chi connectivity index (χ1) is 14.6. The fourth-order valence-electron chi connectivity index (χ4n) is 3.35.